The van der Waals surface area contributed by atoms with Crippen LogP contribution in [0.5, 0.6) is 0 Å². The molecule has 0 bridgehead atoms. The first-order chi connectivity index (χ1) is 5.91. The molecule has 1 aliphatic heterocycles. The maximum Gasteiger partial charge on any atom is 0.153 e. The normalized spacial score (nSPS) is 31.5. The summed E-state index contributed by atoms with van der Waals surface area (Å²) in [5, 5.41) is 9.16. The maximum atomic E-state index is 11.2. The van der Waals surface area contributed by atoms with Crippen LogP contribution in [0.25, 0.3) is 0 Å². The van der Waals surface area contributed by atoms with Crippen molar-refractivity contribution in [3.05, 3.63) is 0 Å². The van der Waals surface area contributed by atoms with Crippen molar-refractivity contribution in [1.82, 2.24) is 4.90 Å². The standard InChI is InChI=1S/C8H17NO3S/c1-7-6-13(11,12)4-3-9(7)5-8(2)10/h7-8,10H,3-6H2,1-2H3. The lowest BCUT2D eigenvalue weighted by Crippen LogP contribution is -2.49. The summed E-state index contributed by atoms with van der Waals surface area (Å²) in [6.45, 7) is 4.72. The predicted octanol–water partition coefficient (Wildman–Crippen LogP) is -0.514. The van der Waals surface area contributed by atoms with Crippen LogP contribution in [-0.4, -0.2) is 55.2 Å². The monoisotopic (exact) mass is 207 g/mol. The lowest BCUT2D eigenvalue weighted by molar-refractivity contribution is 0.110. The average molecular weight is 207 g/mol. The van der Waals surface area contributed by atoms with Gasteiger partial charge in [-0.15, -0.1) is 0 Å². The zero-order valence-electron chi connectivity index (χ0n) is 8.10. The first-order valence-electron chi connectivity index (χ1n) is 4.53. The Morgan fingerprint density at radius 3 is 2.69 bits per heavy atom. The van der Waals surface area contributed by atoms with Crippen molar-refractivity contribution < 1.29 is 13.5 Å². The van der Waals surface area contributed by atoms with Crippen molar-refractivity contribution in [3.63, 3.8) is 0 Å². The van der Waals surface area contributed by atoms with Gasteiger partial charge in [-0.05, 0) is 13.8 Å². The van der Waals surface area contributed by atoms with E-state index in [0.717, 1.165) is 0 Å². The van der Waals surface area contributed by atoms with Gasteiger partial charge in [0.2, 0.25) is 0 Å². The largest absolute Gasteiger partial charge is 0.392 e. The van der Waals surface area contributed by atoms with Gasteiger partial charge < -0.3 is 5.11 Å². The molecular weight excluding hydrogens is 190 g/mol. The van der Waals surface area contributed by atoms with Crippen LogP contribution < -0.4 is 0 Å². The number of aliphatic hydroxyl groups is 1. The topological polar surface area (TPSA) is 57.6 Å². The minimum absolute atomic E-state index is 0.0355. The minimum Gasteiger partial charge on any atom is -0.392 e. The van der Waals surface area contributed by atoms with Crippen molar-refractivity contribution in [2.24, 2.45) is 0 Å². The molecule has 0 amide bonds. The lowest BCUT2D eigenvalue weighted by Gasteiger charge is -2.33. The second-order valence-corrected chi connectivity index (χ2v) is 6.04. The number of aliphatic hydroxyl groups excluding tert-OH is 1. The van der Waals surface area contributed by atoms with Crippen LogP contribution in [0, 0.1) is 0 Å². The first kappa shape index (κ1) is 10.9. The van der Waals surface area contributed by atoms with Crippen molar-refractivity contribution in [2.45, 2.75) is 26.0 Å². The van der Waals surface area contributed by atoms with Gasteiger partial charge in [-0.3, -0.25) is 4.90 Å². The molecule has 0 aromatic carbocycles. The van der Waals surface area contributed by atoms with Crippen LogP contribution in [0.3, 0.4) is 0 Å². The van der Waals surface area contributed by atoms with Crippen molar-refractivity contribution >= 4 is 9.84 Å². The van der Waals surface area contributed by atoms with Gasteiger partial charge in [-0.25, -0.2) is 8.42 Å². The molecule has 78 valence electrons. The summed E-state index contributed by atoms with van der Waals surface area (Å²) in [6.07, 6.45) is -0.386. The van der Waals surface area contributed by atoms with Crippen LogP contribution in [0.1, 0.15) is 13.8 Å². The zero-order valence-corrected chi connectivity index (χ0v) is 8.92. The number of sulfone groups is 1. The molecule has 0 radical (unpaired) electrons. The molecule has 4 nitrogen and oxygen atoms in total. The second kappa shape index (κ2) is 3.94. The van der Waals surface area contributed by atoms with E-state index in [-0.39, 0.29) is 23.7 Å². The summed E-state index contributed by atoms with van der Waals surface area (Å²) in [5.41, 5.74) is 0. The van der Waals surface area contributed by atoms with Gasteiger partial charge >= 0.3 is 0 Å². The highest BCUT2D eigenvalue weighted by Gasteiger charge is 2.28. The summed E-state index contributed by atoms with van der Waals surface area (Å²) < 4.78 is 22.4. The van der Waals surface area contributed by atoms with Crippen LogP contribution in [0.4, 0.5) is 0 Å². The molecule has 2 unspecified atom stereocenters. The smallest absolute Gasteiger partial charge is 0.153 e. The van der Waals surface area contributed by atoms with Gasteiger partial charge in [0.25, 0.3) is 0 Å². The highest BCUT2D eigenvalue weighted by molar-refractivity contribution is 7.91. The van der Waals surface area contributed by atoms with Gasteiger partial charge in [0.1, 0.15) is 0 Å². The molecule has 0 aliphatic carbocycles. The molecular formula is C8H17NO3S. The third kappa shape index (κ3) is 3.25. The summed E-state index contributed by atoms with van der Waals surface area (Å²) in [7, 11) is -2.82. The summed E-state index contributed by atoms with van der Waals surface area (Å²) >= 11 is 0. The number of hydrogen-bond acceptors (Lipinski definition) is 4. The Balaban J connectivity index is 2.54. The fourth-order valence-electron chi connectivity index (χ4n) is 1.64. The van der Waals surface area contributed by atoms with E-state index < -0.39 is 9.84 Å². The van der Waals surface area contributed by atoms with E-state index in [1.54, 1.807) is 6.92 Å². The van der Waals surface area contributed by atoms with Gasteiger partial charge in [-0.1, -0.05) is 0 Å². The van der Waals surface area contributed by atoms with E-state index in [4.69, 9.17) is 5.11 Å². The van der Waals surface area contributed by atoms with E-state index in [1.165, 1.54) is 0 Å². The van der Waals surface area contributed by atoms with Crippen molar-refractivity contribution in [1.29, 1.82) is 0 Å². The summed E-state index contributed by atoms with van der Waals surface area (Å²) in [6, 6.07) is 0.0355. The van der Waals surface area contributed by atoms with Crippen LogP contribution in [0.15, 0.2) is 0 Å². The zero-order chi connectivity index (χ0) is 10.1. The van der Waals surface area contributed by atoms with Crippen LogP contribution in [-0.2, 0) is 9.84 Å². The molecule has 1 aliphatic rings. The maximum absolute atomic E-state index is 11.2. The third-order valence-electron chi connectivity index (χ3n) is 2.31. The molecule has 2 atom stereocenters. The molecule has 1 saturated heterocycles. The summed E-state index contributed by atoms with van der Waals surface area (Å²) in [5.74, 6) is 0.448. The van der Waals surface area contributed by atoms with E-state index >= 15 is 0 Å². The molecule has 13 heavy (non-hydrogen) atoms. The predicted molar refractivity (Wildman–Crippen MR) is 51.4 cm³/mol. The third-order valence-corrected chi connectivity index (χ3v) is 4.10. The number of nitrogens with zero attached hydrogens (tertiary/aromatic N) is 1. The molecule has 1 rings (SSSR count). The van der Waals surface area contributed by atoms with E-state index in [2.05, 4.69) is 0 Å². The van der Waals surface area contributed by atoms with Crippen molar-refractivity contribution in [2.75, 3.05) is 24.6 Å². The van der Waals surface area contributed by atoms with Crippen molar-refractivity contribution in [3.8, 4) is 0 Å². The Labute approximate surface area is 79.5 Å². The van der Waals surface area contributed by atoms with Gasteiger partial charge in [0.05, 0.1) is 17.6 Å². The molecule has 1 heterocycles. The quantitative estimate of drug-likeness (QED) is 0.662. The highest BCUT2D eigenvalue weighted by Crippen LogP contribution is 2.11. The lowest BCUT2D eigenvalue weighted by atomic mass is 10.2. The Morgan fingerprint density at radius 2 is 2.23 bits per heavy atom. The average Bonchev–Trinajstić information content (AvgIpc) is 1.93. The molecule has 0 aromatic rings. The molecule has 0 saturated carbocycles. The summed E-state index contributed by atoms with van der Waals surface area (Å²) in [4.78, 5) is 2.02. The van der Waals surface area contributed by atoms with E-state index in [1.807, 2.05) is 11.8 Å². The fraction of sp³-hybridized carbons (Fsp3) is 1.00. The molecule has 5 heteroatoms. The molecule has 0 aromatic heterocycles. The van der Waals surface area contributed by atoms with Gasteiger partial charge in [0.15, 0.2) is 9.84 Å². The van der Waals surface area contributed by atoms with Crippen LogP contribution >= 0.6 is 0 Å². The Bertz CT molecular complexity index is 261. The number of β-amino-alcohol motifs (C(OH)–C–C–N with tert-alkyl or cyclic N) is 1. The van der Waals surface area contributed by atoms with Gasteiger partial charge in [0, 0.05) is 19.1 Å². The molecule has 1 fully saturated rings. The van der Waals surface area contributed by atoms with E-state index in [9.17, 15) is 8.42 Å². The van der Waals surface area contributed by atoms with E-state index in [0.29, 0.717) is 13.1 Å². The highest BCUT2D eigenvalue weighted by atomic mass is 32.2. The Hall–Kier alpha value is -0.130. The van der Waals surface area contributed by atoms with Gasteiger partial charge in [-0.2, -0.15) is 0 Å². The first-order valence-corrected chi connectivity index (χ1v) is 6.35. The minimum atomic E-state index is -2.82. The SMILES string of the molecule is CC(O)CN1CCS(=O)(=O)CC1C. The Morgan fingerprint density at radius 1 is 1.62 bits per heavy atom. The number of hydrogen-bond donors (Lipinski definition) is 1. The number of rotatable bonds is 2. The Kier molecular flexibility index (Phi) is 3.32. The molecule has 0 spiro atoms. The molecule has 1 N–H and O–H groups in total. The second-order valence-electron chi connectivity index (χ2n) is 3.81. The van der Waals surface area contributed by atoms with Crippen LogP contribution in [0.2, 0.25) is 0 Å². The fourth-order valence-corrected chi connectivity index (χ4v) is 3.27.